The van der Waals surface area contributed by atoms with Crippen molar-refractivity contribution in [1.82, 2.24) is 4.98 Å². The molecule has 1 heterocycles. The Bertz CT molecular complexity index is 638. The molecule has 0 radical (unpaired) electrons. The number of benzene rings is 1. The van der Waals surface area contributed by atoms with E-state index in [1.165, 1.54) is 0 Å². The van der Waals surface area contributed by atoms with E-state index in [0.29, 0.717) is 9.86 Å². The van der Waals surface area contributed by atoms with Crippen LogP contribution in [0.5, 0.6) is 0 Å². The van der Waals surface area contributed by atoms with Gasteiger partial charge in [-0.1, -0.05) is 6.92 Å². The SMILES string of the molecule is CCCNc1c(C)c(C)nc2c(C)cc(Br)c(F)c12. The second kappa shape index (κ2) is 5.45. The van der Waals surface area contributed by atoms with Gasteiger partial charge in [0.1, 0.15) is 5.82 Å². The maximum atomic E-state index is 14.5. The van der Waals surface area contributed by atoms with Crippen molar-refractivity contribution in [2.45, 2.75) is 34.1 Å². The number of rotatable bonds is 3. The first-order chi connectivity index (χ1) is 8.97. The fourth-order valence-electron chi connectivity index (χ4n) is 2.21. The summed E-state index contributed by atoms with van der Waals surface area (Å²) in [7, 11) is 0. The summed E-state index contributed by atoms with van der Waals surface area (Å²) in [5, 5.41) is 3.93. The summed E-state index contributed by atoms with van der Waals surface area (Å²) >= 11 is 3.28. The molecule has 0 amide bonds. The minimum atomic E-state index is -0.241. The van der Waals surface area contributed by atoms with E-state index in [0.717, 1.165) is 41.0 Å². The van der Waals surface area contributed by atoms with Crippen LogP contribution in [-0.4, -0.2) is 11.5 Å². The molecule has 0 aliphatic carbocycles. The minimum absolute atomic E-state index is 0.241. The number of hydrogen-bond acceptors (Lipinski definition) is 2. The molecule has 1 aromatic carbocycles. The molecule has 0 saturated heterocycles. The number of fused-ring (bicyclic) bond motifs is 1. The van der Waals surface area contributed by atoms with E-state index in [-0.39, 0.29) is 5.82 Å². The molecular weight excluding hydrogens is 307 g/mol. The van der Waals surface area contributed by atoms with Crippen LogP contribution < -0.4 is 5.32 Å². The summed E-state index contributed by atoms with van der Waals surface area (Å²) in [5.41, 5.74) is 4.54. The number of aromatic nitrogens is 1. The van der Waals surface area contributed by atoms with Crippen LogP contribution in [0.1, 0.15) is 30.2 Å². The maximum absolute atomic E-state index is 14.5. The van der Waals surface area contributed by atoms with Gasteiger partial charge in [0.05, 0.1) is 21.1 Å². The normalized spacial score (nSPS) is 11.1. The Morgan fingerprint density at radius 3 is 2.63 bits per heavy atom. The molecule has 1 aromatic heterocycles. The highest BCUT2D eigenvalue weighted by Gasteiger charge is 2.17. The maximum Gasteiger partial charge on any atom is 0.148 e. The number of nitrogens with one attached hydrogen (secondary N) is 1. The van der Waals surface area contributed by atoms with Crippen molar-refractivity contribution in [2.24, 2.45) is 0 Å². The van der Waals surface area contributed by atoms with E-state index >= 15 is 0 Å². The molecule has 0 atom stereocenters. The van der Waals surface area contributed by atoms with Gasteiger partial charge in [0.15, 0.2) is 0 Å². The molecule has 0 aliphatic rings. The average Bonchev–Trinajstić information content (AvgIpc) is 2.37. The summed E-state index contributed by atoms with van der Waals surface area (Å²) < 4.78 is 14.9. The van der Waals surface area contributed by atoms with E-state index in [1.807, 2.05) is 20.8 Å². The van der Waals surface area contributed by atoms with Gasteiger partial charge in [-0.15, -0.1) is 0 Å². The highest BCUT2D eigenvalue weighted by molar-refractivity contribution is 9.10. The zero-order valence-electron chi connectivity index (χ0n) is 11.7. The van der Waals surface area contributed by atoms with E-state index in [9.17, 15) is 4.39 Å². The molecule has 2 rings (SSSR count). The van der Waals surface area contributed by atoms with E-state index in [2.05, 4.69) is 33.2 Å². The Morgan fingerprint density at radius 2 is 2.00 bits per heavy atom. The van der Waals surface area contributed by atoms with Crippen molar-refractivity contribution in [3.63, 3.8) is 0 Å². The van der Waals surface area contributed by atoms with Crippen molar-refractivity contribution >= 4 is 32.5 Å². The standard InChI is InChI=1S/C15H18BrFN2/c1-5-6-18-15-9(3)10(4)19-14-8(2)7-11(16)13(17)12(14)15/h7H,5-6H2,1-4H3,(H,18,19). The molecule has 4 heteroatoms. The third kappa shape index (κ3) is 2.46. The minimum Gasteiger partial charge on any atom is -0.384 e. The first-order valence-electron chi connectivity index (χ1n) is 6.46. The van der Waals surface area contributed by atoms with Crippen LogP contribution in [0.15, 0.2) is 10.5 Å². The molecule has 1 N–H and O–H groups in total. The Balaban J connectivity index is 2.85. The molecule has 0 aliphatic heterocycles. The number of pyridine rings is 1. The molecular formula is C15H18BrFN2. The second-order valence-corrected chi connectivity index (χ2v) is 5.69. The predicted octanol–water partition coefficient (Wildman–Crippen LogP) is 4.88. The fraction of sp³-hybridized carbons (Fsp3) is 0.400. The number of nitrogens with zero attached hydrogens (tertiary/aromatic N) is 1. The van der Waals surface area contributed by atoms with Crippen LogP contribution in [0.4, 0.5) is 10.1 Å². The van der Waals surface area contributed by atoms with Crippen LogP contribution >= 0.6 is 15.9 Å². The first kappa shape index (κ1) is 14.3. The summed E-state index contributed by atoms with van der Waals surface area (Å²) in [6, 6.07) is 1.78. The van der Waals surface area contributed by atoms with Gasteiger partial charge in [0.25, 0.3) is 0 Å². The molecule has 0 spiro atoms. The number of anilines is 1. The van der Waals surface area contributed by atoms with Crippen LogP contribution in [-0.2, 0) is 0 Å². The van der Waals surface area contributed by atoms with Crippen molar-refractivity contribution in [3.8, 4) is 0 Å². The summed E-state index contributed by atoms with van der Waals surface area (Å²) in [6.07, 6.45) is 0.997. The number of aryl methyl sites for hydroxylation is 2. The van der Waals surface area contributed by atoms with Gasteiger partial charge < -0.3 is 5.32 Å². The zero-order valence-corrected chi connectivity index (χ0v) is 13.3. The van der Waals surface area contributed by atoms with E-state index in [4.69, 9.17) is 0 Å². The molecule has 19 heavy (non-hydrogen) atoms. The van der Waals surface area contributed by atoms with Gasteiger partial charge in [-0.2, -0.15) is 0 Å². The quantitative estimate of drug-likeness (QED) is 0.870. The lowest BCUT2D eigenvalue weighted by Gasteiger charge is -2.16. The van der Waals surface area contributed by atoms with Crippen LogP contribution in [0, 0.1) is 26.6 Å². The molecule has 102 valence electrons. The Labute approximate surface area is 121 Å². The average molecular weight is 325 g/mol. The monoisotopic (exact) mass is 324 g/mol. The van der Waals surface area contributed by atoms with Crippen molar-refractivity contribution in [1.29, 1.82) is 0 Å². The van der Waals surface area contributed by atoms with Gasteiger partial charge in [-0.05, 0) is 60.3 Å². The van der Waals surface area contributed by atoms with Crippen LogP contribution in [0.25, 0.3) is 10.9 Å². The third-order valence-electron chi connectivity index (χ3n) is 3.38. The third-order valence-corrected chi connectivity index (χ3v) is 3.96. The Hall–Kier alpha value is -1.16. The topological polar surface area (TPSA) is 24.9 Å². The summed E-state index contributed by atoms with van der Waals surface area (Å²) in [4.78, 5) is 4.54. The smallest absolute Gasteiger partial charge is 0.148 e. The van der Waals surface area contributed by atoms with Gasteiger partial charge in [0.2, 0.25) is 0 Å². The van der Waals surface area contributed by atoms with Gasteiger partial charge in [-0.25, -0.2) is 4.39 Å². The Kier molecular flexibility index (Phi) is 4.09. The lowest BCUT2D eigenvalue weighted by atomic mass is 10.0. The fourth-order valence-corrected chi connectivity index (χ4v) is 2.75. The summed E-state index contributed by atoms with van der Waals surface area (Å²) in [5.74, 6) is -0.241. The van der Waals surface area contributed by atoms with Crippen molar-refractivity contribution < 1.29 is 4.39 Å². The molecule has 0 unspecified atom stereocenters. The highest BCUT2D eigenvalue weighted by atomic mass is 79.9. The van der Waals surface area contributed by atoms with E-state index < -0.39 is 0 Å². The van der Waals surface area contributed by atoms with Crippen LogP contribution in [0.2, 0.25) is 0 Å². The van der Waals surface area contributed by atoms with Crippen molar-refractivity contribution in [2.75, 3.05) is 11.9 Å². The molecule has 0 saturated carbocycles. The second-order valence-electron chi connectivity index (χ2n) is 4.84. The van der Waals surface area contributed by atoms with Gasteiger partial charge in [0, 0.05) is 12.2 Å². The zero-order chi connectivity index (χ0) is 14.2. The molecule has 0 bridgehead atoms. The van der Waals surface area contributed by atoms with Gasteiger partial charge in [-0.3, -0.25) is 4.98 Å². The largest absolute Gasteiger partial charge is 0.384 e. The summed E-state index contributed by atoms with van der Waals surface area (Å²) in [6.45, 7) is 8.82. The lowest BCUT2D eigenvalue weighted by Crippen LogP contribution is -2.06. The predicted molar refractivity (Wildman–Crippen MR) is 82.4 cm³/mol. The first-order valence-corrected chi connectivity index (χ1v) is 7.26. The van der Waals surface area contributed by atoms with Crippen molar-refractivity contribution in [3.05, 3.63) is 33.2 Å². The van der Waals surface area contributed by atoms with Gasteiger partial charge >= 0.3 is 0 Å². The number of hydrogen-bond donors (Lipinski definition) is 1. The Morgan fingerprint density at radius 1 is 1.32 bits per heavy atom. The molecule has 0 fully saturated rings. The van der Waals surface area contributed by atoms with E-state index in [1.54, 1.807) is 6.07 Å². The lowest BCUT2D eigenvalue weighted by molar-refractivity contribution is 0.632. The molecule has 2 nitrogen and oxygen atoms in total. The van der Waals surface area contributed by atoms with Crippen LogP contribution in [0.3, 0.4) is 0 Å². The molecule has 2 aromatic rings. The number of halogens is 2. The highest BCUT2D eigenvalue weighted by Crippen LogP contribution is 2.35.